The number of benzene rings is 1. The molecule has 0 saturated carbocycles. The molecule has 0 unspecified atom stereocenters. The molecule has 5 heteroatoms. The molecule has 0 fully saturated rings. The summed E-state index contributed by atoms with van der Waals surface area (Å²) in [6, 6.07) is 7.23. The van der Waals surface area contributed by atoms with Crippen molar-refractivity contribution in [3.8, 4) is 0 Å². The van der Waals surface area contributed by atoms with Crippen molar-refractivity contribution in [1.82, 2.24) is 0 Å². The van der Waals surface area contributed by atoms with E-state index in [1.807, 2.05) is 24.3 Å². The second-order valence-corrected chi connectivity index (χ2v) is 4.20. The monoisotopic (exact) mass is 294 g/mol. The zero-order chi connectivity index (χ0) is 15.3. The third-order valence-corrected chi connectivity index (χ3v) is 2.70. The zero-order valence-electron chi connectivity index (χ0n) is 12.5. The predicted molar refractivity (Wildman–Crippen MR) is 79.3 cm³/mol. The molecule has 0 amide bonds. The van der Waals surface area contributed by atoms with Gasteiger partial charge in [0.15, 0.2) is 0 Å². The summed E-state index contributed by atoms with van der Waals surface area (Å²) >= 11 is 0. The highest BCUT2D eigenvalue weighted by molar-refractivity contribution is 5.90. The molecule has 0 heterocycles. The Balaban J connectivity index is 2.23. The lowest BCUT2D eigenvalue weighted by Gasteiger charge is -2.08. The summed E-state index contributed by atoms with van der Waals surface area (Å²) in [7, 11) is 3.01. The standard InChI is InChI=1S/C16H22O5/c1-18-9-5-6-10-20-11-12-21-13-14-7-3-4-8-15(14)16(17)19-2/h3-8H,9-13H2,1-2H3/b6-5+. The topological polar surface area (TPSA) is 54.0 Å². The highest BCUT2D eigenvalue weighted by Crippen LogP contribution is 2.11. The summed E-state index contributed by atoms with van der Waals surface area (Å²) in [6.07, 6.45) is 3.80. The van der Waals surface area contributed by atoms with Gasteiger partial charge in [0.2, 0.25) is 0 Å². The Morgan fingerprint density at radius 2 is 1.76 bits per heavy atom. The Labute approximate surface area is 125 Å². The molecular formula is C16H22O5. The Morgan fingerprint density at radius 3 is 2.52 bits per heavy atom. The van der Waals surface area contributed by atoms with E-state index < -0.39 is 0 Å². The van der Waals surface area contributed by atoms with Crippen molar-refractivity contribution in [2.24, 2.45) is 0 Å². The number of hydrogen-bond acceptors (Lipinski definition) is 5. The lowest BCUT2D eigenvalue weighted by atomic mass is 10.1. The van der Waals surface area contributed by atoms with Crippen molar-refractivity contribution in [2.45, 2.75) is 6.61 Å². The quantitative estimate of drug-likeness (QED) is 0.376. The molecule has 0 aliphatic rings. The average Bonchev–Trinajstić information content (AvgIpc) is 2.53. The van der Waals surface area contributed by atoms with Crippen LogP contribution in [0.1, 0.15) is 15.9 Å². The zero-order valence-corrected chi connectivity index (χ0v) is 12.5. The van der Waals surface area contributed by atoms with Crippen LogP contribution in [0.4, 0.5) is 0 Å². The lowest BCUT2D eigenvalue weighted by Crippen LogP contribution is -2.09. The number of esters is 1. The van der Waals surface area contributed by atoms with Gasteiger partial charge in [0.05, 0.1) is 45.7 Å². The van der Waals surface area contributed by atoms with Crippen LogP contribution in [0.25, 0.3) is 0 Å². The minimum Gasteiger partial charge on any atom is -0.465 e. The van der Waals surface area contributed by atoms with Crippen LogP contribution < -0.4 is 0 Å². The van der Waals surface area contributed by atoms with Crippen LogP contribution in [0.15, 0.2) is 36.4 Å². The van der Waals surface area contributed by atoms with Gasteiger partial charge < -0.3 is 18.9 Å². The number of ether oxygens (including phenoxy) is 4. The first-order chi connectivity index (χ1) is 10.3. The van der Waals surface area contributed by atoms with E-state index in [0.29, 0.717) is 38.6 Å². The summed E-state index contributed by atoms with van der Waals surface area (Å²) in [5, 5.41) is 0. The van der Waals surface area contributed by atoms with Crippen LogP contribution >= 0.6 is 0 Å². The van der Waals surface area contributed by atoms with Gasteiger partial charge in [-0.1, -0.05) is 30.4 Å². The van der Waals surface area contributed by atoms with E-state index in [4.69, 9.17) is 18.9 Å². The van der Waals surface area contributed by atoms with Crippen molar-refractivity contribution >= 4 is 5.97 Å². The van der Waals surface area contributed by atoms with E-state index in [9.17, 15) is 4.79 Å². The molecular weight excluding hydrogens is 272 g/mol. The van der Waals surface area contributed by atoms with Gasteiger partial charge in [0, 0.05) is 7.11 Å². The predicted octanol–water partition coefficient (Wildman–Crippen LogP) is 2.21. The maximum absolute atomic E-state index is 11.6. The third-order valence-electron chi connectivity index (χ3n) is 2.70. The van der Waals surface area contributed by atoms with Crippen LogP contribution in [-0.2, 0) is 25.6 Å². The van der Waals surface area contributed by atoms with Crippen LogP contribution in [0.3, 0.4) is 0 Å². The van der Waals surface area contributed by atoms with Gasteiger partial charge in [-0.25, -0.2) is 4.79 Å². The molecule has 0 N–H and O–H groups in total. The van der Waals surface area contributed by atoms with Crippen LogP contribution in [0, 0.1) is 0 Å². The summed E-state index contributed by atoms with van der Waals surface area (Å²) in [5.74, 6) is -0.353. The fourth-order valence-electron chi connectivity index (χ4n) is 1.64. The van der Waals surface area contributed by atoms with Crippen molar-refractivity contribution in [3.63, 3.8) is 0 Å². The molecule has 0 aliphatic carbocycles. The van der Waals surface area contributed by atoms with Crippen molar-refractivity contribution in [3.05, 3.63) is 47.5 Å². The molecule has 116 valence electrons. The second-order valence-electron chi connectivity index (χ2n) is 4.20. The third kappa shape index (κ3) is 7.04. The van der Waals surface area contributed by atoms with E-state index in [1.54, 1.807) is 19.2 Å². The Hall–Kier alpha value is -1.69. The number of carbonyl (C=O) groups excluding carboxylic acids is 1. The summed E-state index contributed by atoms with van der Waals surface area (Å²) < 4.78 is 20.5. The average molecular weight is 294 g/mol. The van der Waals surface area contributed by atoms with Crippen LogP contribution in [0.5, 0.6) is 0 Å². The van der Waals surface area contributed by atoms with Crippen LogP contribution in [0.2, 0.25) is 0 Å². The summed E-state index contributed by atoms with van der Waals surface area (Å²) in [5.41, 5.74) is 1.34. The Morgan fingerprint density at radius 1 is 1.05 bits per heavy atom. The number of rotatable bonds is 10. The number of methoxy groups -OCH3 is 2. The number of carbonyl (C=O) groups is 1. The first-order valence-electron chi connectivity index (χ1n) is 6.75. The van der Waals surface area contributed by atoms with E-state index >= 15 is 0 Å². The minimum atomic E-state index is -0.353. The molecule has 0 saturated heterocycles. The minimum absolute atomic E-state index is 0.353. The molecule has 0 spiro atoms. The molecule has 0 aliphatic heterocycles. The SMILES string of the molecule is COC/C=C/COCCOCc1ccccc1C(=O)OC. The maximum atomic E-state index is 11.6. The van der Waals surface area contributed by atoms with Gasteiger partial charge in [-0.2, -0.15) is 0 Å². The summed E-state index contributed by atoms with van der Waals surface area (Å²) in [4.78, 5) is 11.6. The van der Waals surface area contributed by atoms with Crippen molar-refractivity contribution in [2.75, 3.05) is 40.6 Å². The highest BCUT2D eigenvalue weighted by atomic mass is 16.5. The molecule has 0 radical (unpaired) electrons. The van der Waals surface area contributed by atoms with Gasteiger partial charge in [0.1, 0.15) is 0 Å². The lowest BCUT2D eigenvalue weighted by molar-refractivity contribution is 0.0481. The molecule has 1 rings (SSSR count). The first-order valence-corrected chi connectivity index (χ1v) is 6.75. The maximum Gasteiger partial charge on any atom is 0.338 e. The molecule has 5 nitrogen and oxygen atoms in total. The largest absolute Gasteiger partial charge is 0.465 e. The molecule has 21 heavy (non-hydrogen) atoms. The van der Waals surface area contributed by atoms with E-state index in [1.165, 1.54) is 7.11 Å². The molecule has 0 atom stereocenters. The fraction of sp³-hybridized carbons (Fsp3) is 0.438. The van der Waals surface area contributed by atoms with E-state index in [0.717, 1.165) is 5.56 Å². The van der Waals surface area contributed by atoms with Gasteiger partial charge in [0.25, 0.3) is 0 Å². The molecule has 0 aromatic heterocycles. The molecule has 1 aromatic rings. The van der Waals surface area contributed by atoms with Crippen molar-refractivity contribution in [1.29, 1.82) is 0 Å². The van der Waals surface area contributed by atoms with Crippen LogP contribution in [-0.4, -0.2) is 46.6 Å². The Kier molecular flexibility index (Phi) is 9.11. The number of hydrogen-bond donors (Lipinski definition) is 0. The van der Waals surface area contributed by atoms with E-state index in [2.05, 4.69) is 0 Å². The normalized spacial score (nSPS) is 11.0. The smallest absolute Gasteiger partial charge is 0.338 e. The second kappa shape index (κ2) is 11.0. The molecule has 0 bridgehead atoms. The Bertz CT molecular complexity index is 442. The first kappa shape index (κ1) is 17.4. The van der Waals surface area contributed by atoms with Gasteiger partial charge in [-0.15, -0.1) is 0 Å². The van der Waals surface area contributed by atoms with E-state index in [-0.39, 0.29) is 5.97 Å². The van der Waals surface area contributed by atoms with Gasteiger partial charge in [-0.3, -0.25) is 0 Å². The fourth-order valence-corrected chi connectivity index (χ4v) is 1.64. The molecule has 1 aromatic carbocycles. The van der Waals surface area contributed by atoms with Gasteiger partial charge >= 0.3 is 5.97 Å². The highest BCUT2D eigenvalue weighted by Gasteiger charge is 2.10. The van der Waals surface area contributed by atoms with Gasteiger partial charge in [-0.05, 0) is 11.6 Å². The summed E-state index contributed by atoms with van der Waals surface area (Å²) in [6.45, 7) is 2.44. The van der Waals surface area contributed by atoms with Crippen molar-refractivity contribution < 1.29 is 23.7 Å².